The summed E-state index contributed by atoms with van der Waals surface area (Å²) in [6.07, 6.45) is 1.21. The second kappa shape index (κ2) is 8.14. The lowest BCUT2D eigenvalue weighted by molar-refractivity contribution is 0.415. The zero-order valence-electron chi connectivity index (χ0n) is 15.4. The number of aromatic nitrogens is 3. The number of benzene rings is 2. The minimum atomic E-state index is -3.17. The Bertz CT molecular complexity index is 1010. The van der Waals surface area contributed by atoms with E-state index in [0.717, 1.165) is 34.4 Å². The van der Waals surface area contributed by atoms with E-state index in [4.69, 9.17) is 4.74 Å². The van der Waals surface area contributed by atoms with Crippen molar-refractivity contribution in [3.05, 3.63) is 54.1 Å². The molecule has 0 unspecified atom stereocenters. The first-order valence-electron chi connectivity index (χ1n) is 8.41. The zero-order chi connectivity index (χ0) is 19.4. The molecule has 0 atom stereocenters. The largest absolute Gasteiger partial charge is 0.497 e. The van der Waals surface area contributed by atoms with Gasteiger partial charge in [-0.2, -0.15) is 0 Å². The average molecular weight is 404 g/mol. The average Bonchev–Trinajstić information content (AvgIpc) is 3.09. The molecule has 0 aliphatic heterocycles. The standard InChI is InChI=1S/C19H21N3O3S2/c1-4-22-18(15-7-9-16(25-2)10-8-15)20-21-19(22)26-13-14-5-11-17(12-6-14)27(3,23)24/h5-12H,4,13H2,1-3H3. The van der Waals surface area contributed by atoms with Crippen LogP contribution in [0.2, 0.25) is 0 Å². The maximum Gasteiger partial charge on any atom is 0.191 e. The van der Waals surface area contributed by atoms with Gasteiger partial charge in [0.05, 0.1) is 12.0 Å². The van der Waals surface area contributed by atoms with Crippen molar-refractivity contribution in [2.75, 3.05) is 13.4 Å². The molecule has 2 aromatic carbocycles. The number of methoxy groups -OCH3 is 1. The van der Waals surface area contributed by atoms with Gasteiger partial charge in [0.1, 0.15) is 5.75 Å². The first-order valence-corrected chi connectivity index (χ1v) is 11.3. The molecule has 27 heavy (non-hydrogen) atoms. The smallest absolute Gasteiger partial charge is 0.191 e. The number of ether oxygens (including phenoxy) is 1. The monoisotopic (exact) mass is 403 g/mol. The van der Waals surface area contributed by atoms with E-state index in [2.05, 4.69) is 21.7 Å². The van der Waals surface area contributed by atoms with Gasteiger partial charge in [-0.1, -0.05) is 23.9 Å². The van der Waals surface area contributed by atoms with Crippen molar-refractivity contribution < 1.29 is 13.2 Å². The Kier molecular flexibility index (Phi) is 5.86. The minimum Gasteiger partial charge on any atom is -0.497 e. The minimum absolute atomic E-state index is 0.328. The van der Waals surface area contributed by atoms with E-state index in [0.29, 0.717) is 10.6 Å². The molecule has 0 spiro atoms. The van der Waals surface area contributed by atoms with Crippen LogP contribution in [0.4, 0.5) is 0 Å². The molecule has 6 nitrogen and oxygen atoms in total. The van der Waals surface area contributed by atoms with E-state index < -0.39 is 9.84 Å². The maximum absolute atomic E-state index is 11.6. The van der Waals surface area contributed by atoms with Crippen LogP contribution in [0, 0.1) is 0 Å². The highest BCUT2D eigenvalue weighted by Crippen LogP contribution is 2.27. The number of nitrogens with zero attached hydrogens (tertiary/aromatic N) is 3. The van der Waals surface area contributed by atoms with Crippen LogP contribution in [0.15, 0.2) is 58.6 Å². The third-order valence-electron chi connectivity index (χ3n) is 4.10. The molecule has 0 fully saturated rings. The quantitative estimate of drug-likeness (QED) is 0.561. The van der Waals surface area contributed by atoms with Crippen molar-refractivity contribution in [1.82, 2.24) is 14.8 Å². The highest BCUT2D eigenvalue weighted by molar-refractivity contribution is 7.98. The fraction of sp³-hybridized carbons (Fsp3) is 0.263. The fourth-order valence-corrected chi connectivity index (χ4v) is 4.20. The number of thioether (sulfide) groups is 1. The summed E-state index contributed by atoms with van der Waals surface area (Å²) in [6, 6.07) is 14.7. The first-order chi connectivity index (χ1) is 12.9. The molecule has 1 aromatic heterocycles. The second-order valence-electron chi connectivity index (χ2n) is 5.98. The van der Waals surface area contributed by atoms with Gasteiger partial charge in [-0.25, -0.2) is 8.42 Å². The van der Waals surface area contributed by atoms with Gasteiger partial charge in [-0.15, -0.1) is 10.2 Å². The number of hydrogen-bond donors (Lipinski definition) is 0. The van der Waals surface area contributed by atoms with Crippen molar-refractivity contribution in [2.24, 2.45) is 0 Å². The molecule has 0 saturated heterocycles. The summed E-state index contributed by atoms with van der Waals surface area (Å²) in [7, 11) is -1.53. The van der Waals surface area contributed by atoms with Gasteiger partial charge in [0.25, 0.3) is 0 Å². The Morgan fingerprint density at radius 3 is 2.26 bits per heavy atom. The van der Waals surface area contributed by atoms with E-state index in [9.17, 15) is 8.42 Å². The molecule has 3 rings (SSSR count). The Morgan fingerprint density at radius 2 is 1.70 bits per heavy atom. The third kappa shape index (κ3) is 4.51. The molecule has 0 amide bonds. The van der Waals surface area contributed by atoms with E-state index in [1.54, 1.807) is 31.0 Å². The van der Waals surface area contributed by atoms with Gasteiger partial charge in [0, 0.05) is 24.1 Å². The Balaban J connectivity index is 1.76. The van der Waals surface area contributed by atoms with Crippen LogP contribution in [0.25, 0.3) is 11.4 Å². The number of hydrogen-bond acceptors (Lipinski definition) is 6. The van der Waals surface area contributed by atoms with Crippen LogP contribution in [0.5, 0.6) is 5.75 Å². The number of rotatable bonds is 7. The van der Waals surface area contributed by atoms with Gasteiger partial charge in [0.15, 0.2) is 20.8 Å². The summed E-state index contributed by atoms with van der Waals surface area (Å²) >= 11 is 1.58. The summed E-state index contributed by atoms with van der Waals surface area (Å²) in [5.74, 6) is 2.30. The topological polar surface area (TPSA) is 74.1 Å². The molecular weight excluding hydrogens is 382 g/mol. The molecule has 3 aromatic rings. The SMILES string of the molecule is CCn1c(SCc2ccc(S(C)(=O)=O)cc2)nnc1-c1ccc(OC)cc1. The summed E-state index contributed by atoms with van der Waals surface area (Å²) < 4.78 is 30.4. The molecule has 0 N–H and O–H groups in total. The van der Waals surface area contributed by atoms with E-state index in [-0.39, 0.29) is 0 Å². The highest BCUT2D eigenvalue weighted by Gasteiger charge is 2.14. The molecule has 142 valence electrons. The van der Waals surface area contributed by atoms with Crippen molar-refractivity contribution >= 4 is 21.6 Å². The molecule has 8 heteroatoms. The van der Waals surface area contributed by atoms with Crippen LogP contribution >= 0.6 is 11.8 Å². The summed E-state index contributed by atoms with van der Waals surface area (Å²) in [4.78, 5) is 0.328. The lowest BCUT2D eigenvalue weighted by Gasteiger charge is -2.08. The molecule has 0 saturated carbocycles. The summed E-state index contributed by atoms with van der Waals surface area (Å²) in [5, 5.41) is 9.50. The lowest BCUT2D eigenvalue weighted by Crippen LogP contribution is -2.00. The molecule has 0 aliphatic rings. The Morgan fingerprint density at radius 1 is 1.04 bits per heavy atom. The lowest BCUT2D eigenvalue weighted by atomic mass is 10.2. The van der Waals surface area contributed by atoms with Crippen LogP contribution in [0.3, 0.4) is 0 Å². The van der Waals surface area contributed by atoms with Gasteiger partial charge >= 0.3 is 0 Å². The Labute approximate surface area is 163 Å². The number of sulfone groups is 1. The molecule has 0 aliphatic carbocycles. The van der Waals surface area contributed by atoms with Crippen LogP contribution in [0.1, 0.15) is 12.5 Å². The highest BCUT2D eigenvalue weighted by atomic mass is 32.2. The van der Waals surface area contributed by atoms with Gasteiger partial charge in [-0.05, 0) is 48.9 Å². The first kappa shape index (κ1) is 19.4. The van der Waals surface area contributed by atoms with E-state index in [1.165, 1.54) is 6.26 Å². The fourth-order valence-electron chi connectivity index (χ4n) is 2.61. The molecule has 0 bridgehead atoms. The van der Waals surface area contributed by atoms with E-state index in [1.807, 2.05) is 36.4 Å². The third-order valence-corrected chi connectivity index (χ3v) is 6.27. The van der Waals surface area contributed by atoms with Gasteiger partial charge in [-0.3, -0.25) is 0 Å². The molecule has 1 heterocycles. The maximum atomic E-state index is 11.6. The second-order valence-corrected chi connectivity index (χ2v) is 8.94. The normalized spacial score (nSPS) is 11.5. The van der Waals surface area contributed by atoms with Gasteiger partial charge < -0.3 is 9.30 Å². The predicted octanol–water partition coefficient (Wildman–Crippen LogP) is 3.67. The van der Waals surface area contributed by atoms with Crippen molar-refractivity contribution in [1.29, 1.82) is 0 Å². The van der Waals surface area contributed by atoms with E-state index >= 15 is 0 Å². The summed E-state index contributed by atoms with van der Waals surface area (Å²) in [6.45, 7) is 2.81. The molecular formula is C19H21N3O3S2. The predicted molar refractivity (Wildman–Crippen MR) is 107 cm³/mol. The van der Waals surface area contributed by atoms with Crippen LogP contribution in [-0.2, 0) is 22.1 Å². The summed E-state index contributed by atoms with van der Waals surface area (Å²) in [5.41, 5.74) is 2.01. The van der Waals surface area contributed by atoms with Crippen molar-refractivity contribution in [2.45, 2.75) is 29.3 Å². The van der Waals surface area contributed by atoms with Crippen LogP contribution < -0.4 is 4.74 Å². The van der Waals surface area contributed by atoms with Crippen molar-refractivity contribution in [3.8, 4) is 17.1 Å². The Hall–Kier alpha value is -2.32. The zero-order valence-corrected chi connectivity index (χ0v) is 17.0. The molecule has 0 radical (unpaired) electrons. The van der Waals surface area contributed by atoms with Crippen LogP contribution in [-0.4, -0.2) is 36.5 Å². The van der Waals surface area contributed by atoms with Crippen molar-refractivity contribution in [3.63, 3.8) is 0 Å². The van der Waals surface area contributed by atoms with Gasteiger partial charge in [0.2, 0.25) is 0 Å².